The van der Waals surface area contributed by atoms with E-state index in [1.54, 1.807) is 0 Å². The number of aliphatic hydroxyl groups is 1. The molecule has 2 aliphatic rings. The molecule has 0 bridgehead atoms. The second-order valence-electron chi connectivity index (χ2n) is 4.24. The summed E-state index contributed by atoms with van der Waals surface area (Å²) in [5, 5.41) is 12.6. The summed E-state index contributed by atoms with van der Waals surface area (Å²) < 4.78 is 0. The van der Waals surface area contributed by atoms with Crippen LogP contribution >= 0.6 is 0 Å². The molecule has 2 fully saturated rings. The molecular weight excluding hydrogens is 180 g/mol. The highest BCUT2D eigenvalue weighted by Crippen LogP contribution is 2.23. The number of piperazine rings is 1. The molecule has 1 saturated heterocycles. The van der Waals surface area contributed by atoms with E-state index in [2.05, 4.69) is 10.2 Å². The van der Waals surface area contributed by atoms with Gasteiger partial charge in [0.1, 0.15) is 0 Å². The molecule has 0 aromatic rings. The fourth-order valence-corrected chi connectivity index (χ4v) is 2.46. The van der Waals surface area contributed by atoms with Crippen molar-refractivity contribution in [3.63, 3.8) is 0 Å². The van der Waals surface area contributed by atoms with Crippen molar-refractivity contribution >= 4 is 5.91 Å². The van der Waals surface area contributed by atoms with Gasteiger partial charge in [-0.1, -0.05) is 12.8 Å². The minimum atomic E-state index is -0.227. The van der Waals surface area contributed by atoms with Gasteiger partial charge in [0, 0.05) is 19.1 Å². The largest absolute Gasteiger partial charge is 0.391 e. The molecule has 2 rings (SSSR count). The number of carbonyl (C=O) groups is 1. The van der Waals surface area contributed by atoms with Crippen LogP contribution in [0.4, 0.5) is 0 Å². The number of hydrogen-bond donors (Lipinski definition) is 2. The van der Waals surface area contributed by atoms with Crippen LogP contribution in [0.15, 0.2) is 0 Å². The molecule has 1 aliphatic heterocycles. The number of hydrogen-bond acceptors (Lipinski definition) is 3. The minimum Gasteiger partial charge on any atom is -0.391 e. The van der Waals surface area contributed by atoms with E-state index in [1.807, 2.05) is 0 Å². The second kappa shape index (κ2) is 4.28. The van der Waals surface area contributed by atoms with Gasteiger partial charge >= 0.3 is 0 Å². The quantitative estimate of drug-likeness (QED) is 0.609. The highest BCUT2D eigenvalue weighted by molar-refractivity contribution is 5.78. The van der Waals surface area contributed by atoms with Gasteiger partial charge in [0.2, 0.25) is 5.91 Å². The van der Waals surface area contributed by atoms with E-state index in [0.717, 1.165) is 32.4 Å². The Morgan fingerprint density at radius 1 is 1.36 bits per heavy atom. The predicted molar refractivity (Wildman–Crippen MR) is 52.8 cm³/mol. The van der Waals surface area contributed by atoms with Crippen LogP contribution in [0, 0.1) is 0 Å². The zero-order valence-corrected chi connectivity index (χ0v) is 8.41. The van der Waals surface area contributed by atoms with E-state index in [1.165, 1.54) is 6.42 Å². The van der Waals surface area contributed by atoms with Gasteiger partial charge in [0.15, 0.2) is 0 Å². The molecule has 0 unspecified atom stereocenters. The van der Waals surface area contributed by atoms with E-state index >= 15 is 0 Å². The van der Waals surface area contributed by atoms with Crippen LogP contribution in [0.25, 0.3) is 0 Å². The molecule has 4 heteroatoms. The van der Waals surface area contributed by atoms with Crippen molar-refractivity contribution in [3.8, 4) is 0 Å². The summed E-state index contributed by atoms with van der Waals surface area (Å²) in [6.07, 6.45) is 4.00. The number of amides is 1. The zero-order valence-electron chi connectivity index (χ0n) is 8.41. The normalized spacial score (nSPS) is 35.4. The van der Waals surface area contributed by atoms with Crippen LogP contribution in [0.3, 0.4) is 0 Å². The molecule has 0 radical (unpaired) electrons. The van der Waals surface area contributed by atoms with Crippen LogP contribution in [0.1, 0.15) is 25.7 Å². The first kappa shape index (κ1) is 9.93. The van der Waals surface area contributed by atoms with E-state index < -0.39 is 0 Å². The molecule has 14 heavy (non-hydrogen) atoms. The maximum Gasteiger partial charge on any atom is 0.234 e. The van der Waals surface area contributed by atoms with Gasteiger partial charge in [-0.3, -0.25) is 9.69 Å². The van der Waals surface area contributed by atoms with E-state index in [-0.39, 0.29) is 18.1 Å². The van der Waals surface area contributed by atoms with Gasteiger partial charge in [-0.15, -0.1) is 0 Å². The summed E-state index contributed by atoms with van der Waals surface area (Å²) in [6.45, 7) is 2.07. The maximum atomic E-state index is 11.2. The third-order valence-electron chi connectivity index (χ3n) is 3.23. The third-order valence-corrected chi connectivity index (χ3v) is 3.23. The second-order valence-corrected chi connectivity index (χ2v) is 4.24. The first-order valence-corrected chi connectivity index (χ1v) is 5.46. The standard InChI is InChI=1S/C10H18N2O2/c13-9-4-2-1-3-8(9)12-6-5-11-10(14)7-12/h8-9,13H,1-7H2,(H,11,14)/t8-,9+/m0/s1. The van der Waals surface area contributed by atoms with Crippen molar-refractivity contribution in [2.75, 3.05) is 19.6 Å². The average molecular weight is 198 g/mol. The molecule has 1 saturated carbocycles. The van der Waals surface area contributed by atoms with Gasteiger partial charge in [0.05, 0.1) is 12.6 Å². The minimum absolute atomic E-state index is 0.0917. The Bertz CT molecular complexity index is 220. The lowest BCUT2D eigenvalue weighted by molar-refractivity contribution is -0.126. The van der Waals surface area contributed by atoms with Crippen LogP contribution in [0.5, 0.6) is 0 Å². The molecule has 4 nitrogen and oxygen atoms in total. The summed E-state index contributed by atoms with van der Waals surface area (Å²) in [4.78, 5) is 13.3. The van der Waals surface area contributed by atoms with Gasteiger partial charge in [-0.2, -0.15) is 0 Å². The van der Waals surface area contributed by atoms with Gasteiger partial charge in [0.25, 0.3) is 0 Å². The van der Waals surface area contributed by atoms with Crippen LogP contribution < -0.4 is 5.32 Å². The Kier molecular flexibility index (Phi) is 3.03. The Hall–Kier alpha value is -0.610. The molecule has 1 amide bonds. The molecule has 1 heterocycles. The lowest BCUT2D eigenvalue weighted by Crippen LogP contribution is -2.55. The van der Waals surface area contributed by atoms with Gasteiger partial charge < -0.3 is 10.4 Å². The van der Waals surface area contributed by atoms with Crippen molar-refractivity contribution in [1.82, 2.24) is 10.2 Å². The first-order valence-electron chi connectivity index (χ1n) is 5.46. The van der Waals surface area contributed by atoms with Crippen LogP contribution in [-0.2, 0) is 4.79 Å². The Labute approximate surface area is 84.3 Å². The molecule has 2 N–H and O–H groups in total. The maximum absolute atomic E-state index is 11.2. The van der Waals surface area contributed by atoms with Crippen molar-refractivity contribution in [3.05, 3.63) is 0 Å². The van der Waals surface area contributed by atoms with Crippen LogP contribution in [-0.4, -0.2) is 47.7 Å². The summed E-state index contributed by atoms with van der Waals surface area (Å²) in [5.74, 6) is 0.0917. The number of nitrogens with one attached hydrogen (secondary N) is 1. The topological polar surface area (TPSA) is 52.6 Å². The molecule has 0 aromatic carbocycles. The molecule has 80 valence electrons. The number of rotatable bonds is 1. The summed E-state index contributed by atoms with van der Waals surface area (Å²) in [7, 11) is 0. The molecule has 0 aromatic heterocycles. The summed E-state index contributed by atoms with van der Waals surface area (Å²) >= 11 is 0. The summed E-state index contributed by atoms with van der Waals surface area (Å²) in [5.41, 5.74) is 0. The molecule has 2 atom stereocenters. The van der Waals surface area contributed by atoms with Crippen molar-refractivity contribution in [1.29, 1.82) is 0 Å². The SMILES string of the molecule is O=C1CN([C@H]2CCCC[C@H]2O)CCN1. The Morgan fingerprint density at radius 3 is 2.86 bits per heavy atom. The Morgan fingerprint density at radius 2 is 2.14 bits per heavy atom. The fraction of sp³-hybridized carbons (Fsp3) is 0.900. The Balaban J connectivity index is 1.94. The number of nitrogens with zero attached hydrogens (tertiary/aromatic N) is 1. The lowest BCUT2D eigenvalue weighted by Gasteiger charge is -2.39. The monoisotopic (exact) mass is 198 g/mol. The third kappa shape index (κ3) is 2.07. The fourth-order valence-electron chi connectivity index (χ4n) is 2.46. The van der Waals surface area contributed by atoms with Crippen LogP contribution in [0.2, 0.25) is 0 Å². The zero-order chi connectivity index (χ0) is 9.97. The highest BCUT2D eigenvalue weighted by Gasteiger charge is 2.31. The van der Waals surface area contributed by atoms with Crippen molar-refractivity contribution < 1.29 is 9.90 Å². The van der Waals surface area contributed by atoms with E-state index in [4.69, 9.17) is 0 Å². The molecule has 1 aliphatic carbocycles. The first-order chi connectivity index (χ1) is 6.77. The van der Waals surface area contributed by atoms with Gasteiger partial charge in [-0.25, -0.2) is 0 Å². The lowest BCUT2D eigenvalue weighted by atomic mass is 9.91. The predicted octanol–water partition coefficient (Wildman–Crippen LogP) is -0.278. The smallest absolute Gasteiger partial charge is 0.234 e. The number of aliphatic hydroxyl groups excluding tert-OH is 1. The van der Waals surface area contributed by atoms with Crippen molar-refractivity contribution in [2.45, 2.75) is 37.8 Å². The summed E-state index contributed by atoms with van der Waals surface area (Å²) in [6, 6.07) is 0.217. The van der Waals surface area contributed by atoms with Gasteiger partial charge in [-0.05, 0) is 12.8 Å². The van der Waals surface area contributed by atoms with E-state index in [9.17, 15) is 9.90 Å². The van der Waals surface area contributed by atoms with E-state index in [0.29, 0.717) is 6.54 Å². The van der Waals surface area contributed by atoms with Crippen molar-refractivity contribution in [2.24, 2.45) is 0 Å². The molecular formula is C10H18N2O2. The number of carbonyl (C=O) groups excluding carboxylic acids is 1. The average Bonchev–Trinajstić information content (AvgIpc) is 2.18. The highest BCUT2D eigenvalue weighted by atomic mass is 16.3. The molecule has 0 spiro atoms.